The summed E-state index contributed by atoms with van der Waals surface area (Å²) in [5.41, 5.74) is 0. The fourth-order valence-electron chi connectivity index (χ4n) is 0. The molecule has 0 bridgehead atoms. The zero-order chi connectivity index (χ0) is 14.3. The summed E-state index contributed by atoms with van der Waals surface area (Å²) in [7, 11) is -9.42. The van der Waals surface area contributed by atoms with Crippen LogP contribution in [0.25, 0.3) is 0 Å². The number of hydrogen-bond donors (Lipinski definition) is 9. The Morgan fingerprint density at radius 3 is 0.500 bits per heavy atom. The summed E-state index contributed by atoms with van der Waals surface area (Å²) in [4.78, 5) is 0. The molecule has 0 heterocycles. The molecule has 0 spiro atoms. The molecule has 0 aromatic carbocycles. The minimum absolute atomic E-state index is 0. The summed E-state index contributed by atoms with van der Waals surface area (Å²) in [6.45, 7) is 0. The van der Waals surface area contributed by atoms with Gasteiger partial charge in [-0.15, -0.1) is 0 Å². The van der Waals surface area contributed by atoms with Crippen LogP contribution in [0.1, 0.15) is 0 Å². The van der Waals surface area contributed by atoms with E-state index in [1.54, 1.807) is 0 Å². The Morgan fingerprint density at radius 1 is 0.500 bits per heavy atom. The molecule has 12 nitrogen and oxygen atoms in total. The number of hydrogen-bond acceptors (Lipinski definition) is 12. The van der Waals surface area contributed by atoms with E-state index in [2.05, 4.69) is 0 Å². The largest absolute Gasteiger partial charge is 2.00 e. The van der Waals surface area contributed by atoms with Crippen LogP contribution in [0.3, 0.4) is 0 Å². The minimum Gasteiger partial charge on any atom is -0.907 e. The van der Waals surface area contributed by atoms with Gasteiger partial charge in [0.2, 0.25) is 0 Å². The summed E-state index contributed by atoms with van der Waals surface area (Å²) in [6.07, 6.45) is 0. The SMILES string of the molecule is OB(O)O.OB(O)O.OB(O)O.[Li+].[O-]B([O-])[O-].[Sr+2]. The van der Waals surface area contributed by atoms with Crippen molar-refractivity contribution in [1.29, 1.82) is 0 Å². The molecule has 18 heavy (non-hydrogen) atoms. The van der Waals surface area contributed by atoms with Gasteiger partial charge in [0.05, 0.1) is 0 Å². The van der Waals surface area contributed by atoms with Crippen molar-refractivity contribution in [2.45, 2.75) is 0 Å². The quantitative estimate of drug-likeness (QED) is 0.186. The molecule has 0 saturated heterocycles. The van der Waals surface area contributed by atoms with E-state index < -0.39 is 29.3 Å². The van der Waals surface area contributed by atoms with Gasteiger partial charge in [-0.3, -0.25) is 7.32 Å². The van der Waals surface area contributed by atoms with E-state index in [0.717, 1.165) is 0 Å². The van der Waals surface area contributed by atoms with Crippen LogP contribution in [0.2, 0.25) is 0 Å². The van der Waals surface area contributed by atoms with Crippen molar-refractivity contribution in [1.82, 2.24) is 0 Å². The molecule has 0 amide bonds. The third-order valence-corrected chi connectivity index (χ3v) is 0. The molecule has 0 aromatic heterocycles. The second-order valence-electron chi connectivity index (χ2n) is 1.33. The van der Waals surface area contributed by atoms with Crippen molar-refractivity contribution in [2.75, 3.05) is 0 Å². The maximum absolute atomic E-state index is 8.42. The van der Waals surface area contributed by atoms with Gasteiger partial charge in [-0.1, -0.05) is 0 Å². The van der Waals surface area contributed by atoms with Gasteiger partial charge in [0.25, 0.3) is 0 Å². The molecule has 0 aliphatic heterocycles. The van der Waals surface area contributed by atoms with Crippen LogP contribution < -0.4 is 33.9 Å². The first-order chi connectivity index (χ1) is 6.93. The van der Waals surface area contributed by atoms with Gasteiger partial charge in [-0.05, 0) is 0 Å². The maximum Gasteiger partial charge on any atom is 2.00 e. The summed E-state index contributed by atoms with van der Waals surface area (Å²) < 4.78 is 0. The van der Waals surface area contributed by atoms with Crippen molar-refractivity contribution in [2.24, 2.45) is 0 Å². The summed E-state index contributed by atoms with van der Waals surface area (Å²) >= 11 is 0. The third kappa shape index (κ3) is 1470. The van der Waals surface area contributed by atoms with E-state index in [9.17, 15) is 0 Å². The molecule has 0 unspecified atom stereocenters. The van der Waals surface area contributed by atoms with E-state index >= 15 is 0 Å². The molecular formula is H9B4LiO12Sr. The van der Waals surface area contributed by atoms with Gasteiger partial charge >= 0.3 is 86.3 Å². The normalized spacial score (nSPS) is 6.00. The Labute approximate surface area is 152 Å². The molecule has 0 radical (unpaired) electrons. The second-order valence-corrected chi connectivity index (χ2v) is 1.33. The van der Waals surface area contributed by atoms with Gasteiger partial charge in [-0.2, -0.15) is 0 Å². The zero-order valence-electron chi connectivity index (χ0n) is 9.27. The summed E-state index contributed by atoms with van der Waals surface area (Å²) in [5.74, 6) is 0. The predicted molar refractivity (Wildman–Crippen MR) is 48.7 cm³/mol. The van der Waals surface area contributed by atoms with E-state index in [1.807, 2.05) is 0 Å². The number of rotatable bonds is 0. The first kappa shape index (κ1) is 36.8. The Bertz CT molecular complexity index is 67.1. The molecule has 9 N–H and O–H groups in total. The maximum atomic E-state index is 8.42. The molecule has 96 valence electrons. The molecular weight excluding hydrogens is 330 g/mol. The molecule has 0 aliphatic carbocycles. The summed E-state index contributed by atoms with van der Waals surface area (Å²) in [5, 5.41) is 89.8. The van der Waals surface area contributed by atoms with Crippen LogP contribution in [0.4, 0.5) is 0 Å². The third-order valence-electron chi connectivity index (χ3n) is 0. The first-order valence-electron chi connectivity index (χ1n) is 3.03. The standard InChI is InChI=1S/3BH3O3.BO3.Li.Sr/c4*2-1(3)4;;/h3*2-4H;;;/q;;;-3;+1;+2. The Kier molecular flexibility index (Phi) is 64.0. The molecule has 0 rings (SSSR count). The van der Waals surface area contributed by atoms with E-state index in [4.69, 9.17) is 60.3 Å². The average molecular weight is 339 g/mol. The molecule has 0 aliphatic rings. The van der Waals surface area contributed by atoms with Crippen LogP contribution in [-0.4, -0.2) is 120 Å². The Hall–Kier alpha value is 1.86. The average Bonchev–Trinajstić information content (AvgIpc) is 1.76. The topological polar surface area (TPSA) is 251 Å². The predicted octanol–water partition coefficient (Wildman–Crippen LogP) is -13.5. The molecule has 0 fully saturated rings. The Balaban J connectivity index is -0.0000000257. The zero-order valence-corrected chi connectivity index (χ0v) is 12.7. The Morgan fingerprint density at radius 2 is 0.500 bits per heavy atom. The van der Waals surface area contributed by atoms with E-state index in [-0.39, 0.29) is 64.3 Å². The monoisotopic (exact) mass is 340 g/mol. The second kappa shape index (κ2) is 31.3. The van der Waals surface area contributed by atoms with Crippen molar-refractivity contribution in [3.05, 3.63) is 0 Å². The van der Waals surface area contributed by atoms with Crippen molar-refractivity contribution in [3.8, 4) is 0 Å². The fraction of sp³-hybridized carbons (Fsp3) is 0. The van der Waals surface area contributed by atoms with E-state index in [1.165, 1.54) is 0 Å². The molecule has 0 aromatic rings. The smallest absolute Gasteiger partial charge is 0.907 e. The van der Waals surface area contributed by atoms with Gasteiger partial charge in [0.15, 0.2) is 0 Å². The van der Waals surface area contributed by atoms with Crippen LogP contribution in [0.15, 0.2) is 0 Å². The van der Waals surface area contributed by atoms with Gasteiger partial charge < -0.3 is 60.3 Å². The van der Waals surface area contributed by atoms with Crippen LogP contribution >= 0.6 is 0 Å². The fourth-order valence-corrected chi connectivity index (χ4v) is 0. The van der Waals surface area contributed by atoms with E-state index in [0.29, 0.717) is 0 Å². The summed E-state index contributed by atoms with van der Waals surface area (Å²) in [6, 6.07) is 0. The van der Waals surface area contributed by atoms with Crippen LogP contribution in [0.5, 0.6) is 0 Å². The van der Waals surface area contributed by atoms with Crippen molar-refractivity contribution >= 4 is 74.8 Å². The van der Waals surface area contributed by atoms with Gasteiger partial charge in [0, 0.05) is 0 Å². The van der Waals surface area contributed by atoms with Crippen molar-refractivity contribution in [3.63, 3.8) is 0 Å². The molecule has 0 atom stereocenters. The van der Waals surface area contributed by atoms with Crippen molar-refractivity contribution < 1.29 is 79.1 Å². The molecule has 0 saturated carbocycles. The minimum atomic E-state index is -2.92. The van der Waals surface area contributed by atoms with Crippen LogP contribution in [0, 0.1) is 0 Å². The van der Waals surface area contributed by atoms with Gasteiger partial charge in [0.1, 0.15) is 0 Å². The van der Waals surface area contributed by atoms with Gasteiger partial charge in [-0.25, -0.2) is 0 Å². The molecule has 18 heteroatoms. The first-order valence-corrected chi connectivity index (χ1v) is 3.03. The van der Waals surface area contributed by atoms with Crippen LogP contribution in [-0.2, 0) is 0 Å².